The summed E-state index contributed by atoms with van der Waals surface area (Å²) in [5.74, 6) is 0. The Morgan fingerprint density at radius 1 is 0.550 bits per heavy atom. The minimum Gasteiger partial charge on any atom is -0.411 e. The molecular weight excluding hydrogens is 247 g/mol. The van der Waals surface area contributed by atoms with E-state index in [2.05, 4.69) is 20.8 Å². The number of hydrogen-bond acceptors (Lipinski definition) is 2. The van der Waals surface area contributed by atoms with E-state index in [9.17, 15) is 0 Å². The van der Waals surface area contributed by atoms with Gasteiger partial charge < -0.3 is 9.31 Å². The maximum atomic E-state index is 5.87. The standard InChI is InChI=1S/C17H37BO2/c1-4-7-9-11-13-16-19-18(15-6-3)20-17-14-12-10-8-5-2/h4-17H2,1-3H3. The molecule has 3 heteroatoms. The van der Waals surface area contributed by atoms with Crippen LogP contribution in [-0.4, -0.2) is 20.3 Å². The van der Waals surface area contributed by atoms with Gasteiger partial charge in [0, 0.05) is 13.2 Å². The highest BCUT2D eigenvalue weighted by Gasteiger charge is 2.16. The number of rotatable bonds is 16. The van der Waals surface area contributed by atoms with Crippen molar-refractivity contribution in [3.05, 3.63) is 0 Å². The van der Waals surface area contributed by atoms with Crippen LogP contribution < -0.4 is 0 Å². The van der Waals surface area contributed by atoms with Gasteiger partial charge in [-0.15, -0.1) is 0 Å². The van der Waals surface area contributed by atoms with Gasteiger partial charge >= 0.3 is 7.12 Å². The van der Waals surface area contributed by atoms with Crippen LogP contribution in [0.2, 0.25) is 6.32 Å². The van der Waals surface area contributed by atoms with E-state index in [0.717, 1.165) is 26.0 Å². The Hall–Kier alpha value is -0.0151. The van der Waals surface area contributed by atoms with E-state index in [1.54, 1.807) is 0 Å². The molecule has 0 aliphatic carbocycles. The van der Waals surface area contributed by atoms with Crippen LogP contribution in [0.4, 0.5) is 0 Å². The molecule has 2 nitrogen and oxygen atoms in total. The fraction of sp³-hybridized carbons (Fsp3) is 1.00. The number of hydrogen-bond donors (Lipinski definition) is 0. The lowest BCUT2D eigenvalue weighted by atomic mass is 9.83. The van der Waals surface area contributed by atoms with Crippen molar-refractivity contribution in [2.24, 2.45) is 0 Å². The molecule has 0 rings (SSSR count). The first kappa shape index (κ1) is 20.0. The van der Waals surface area contributed by atoms with Gasteiger partial charge in [0.2, 0.25) is 0 Å². The summed E-state index contributed by atoms with van der Waals surface area (Å²) in [6, 6.07) is 0. The Kier molecular flexibility index (Phi) is 17.0. The predicted molar refractivity (Wildman–Crippen MR) is 90.3 cm³/mol. The zero-order chi connectivity index (χ0) is 14.9. The van der Waals surface area contributed by atoms with Gasteiger partial charge in [-0.2, -0.15) is 0 Å². The summed E-state index contributed by atoms with van der Waals surface area (Å²) in [5.41, 5.74) is 0. The summed E-state index contributed by atoms with van der Waals surface area (Å²) in [7, 11) is 0.0392. The van der Waals surface area contributed by atoms with Gasteiger partial charge in [-0.3, -0.25) is 0 Å². The van der Waals surface area contributed by atoms with Gasteiger partial charge in [-0.1, -0.05) is 78.6 Å². The fourth-order valence-corrected chi connectivity index (χ4v) is 2.29. The molecular formula is C17H37BO2. The molecule has 120 valence electrons. The first-order chi connectivity index (χ1) is 9.85. The molecule has 0 saturated heterocycles. The van der Waals surface area contributed by atoms with Crippen LogP contribution in [0.25, 0.3) is 0 Å². The lowest BCUT2D eigenvalue weighted by molar-refractivity contribution is 0.189. The summed E-state index contributed by atoms with van der Waals surface area (Å²) in [6.45, 7) is 8.43. The van der Waals surface area contributed by atoms with Crippen LogP contribution in [0.15, 0.2) is 0 Å². The topological polar surface area (TPSA) is 18.5 Å². The summed E-state index contributed by atoms with van der Waals surface area (Å²) >= 11 is 0. The molecule has 0 aliphatic heterocycles. The quantitative estimate of drug-likeness (QED) is 0.261. The molecule has 0 radical (unpaired) electrons. The van der Waals surface area contributed by atoms with Crippen LogP contribution in [0.5, 0.6) is 0 Å². The third-order valence-corrected chi connectivity index (χ3v) is 3.63. The van der Waals surface area contributed by atoms with Gasteiger partial charge in [0.15, 0.2) is 0 Å². The van der Waals surface area contributed by atoms with Crippen molar-refractivity contribution in [1.29, 1.82) is 0 Å². The molecule has 0 aromatic heterocycles. The molecule has 0 saturated carbocycles. The first-order valence-corrected chi connectivity index (χ1v) is 9.08. The normalized spacial score (nSPS) is 10.9. The minimum absolute atomic E-state index is 0.0392. The van der Waals surface area contributed by atoms with Crippen LogP contribution in [0.3, 0.4) is 0 Å². The molecule has 20 heavy (non-hydrogen) atoms. The molecule has 0 aromatic carbocycles. The highest BCUT2D eigenvalue weighted by molar-refractivity contribution is 6.44. The Balaban J connectivity index is 3.45. The Labute approximate surface area is 128 Å². The SMILES string of the molecule is CCCCCCCOB(CCC)OCCCCCCC. The molecule has 0 bridgehead atoms. The second-order valence-corrected chi connectivity index (χ2v) is 5.79. The smallest absolute Gasteiger partial charge is 0.411 e. The summed E-state index contributed by atoms with van der Waals surface area (Å²) in [5, 5.41) is 0. The van der Waals surface area contributed by atoms with Crippen molar-refractivity contribution in [2.75, 3.05) is 13.2 Å². The lowest BCUT2D eigenvalue weighted by Gasteiger charge is -2.14. The molecule has 0 aliphatic rings. The summed E-state index contributed by atoms with van der Waals surface area (Å²) in [4.78, 5) is 0. The van der Waals surface area contributed by atoms with Gasteiger partial charge in [0.05, 0.1) is 0 Å². The Morgan fingerprint density at radius 3 is 1.40 bits per heavy atom. The van der Waals surface area contributed by atoms with Gasteiger partial charge in [0.25, 0.3) is 0 Å². The number of unbranched alkanes of at least 4 members (excludes halogenated alkanes) is 8. The molecule has 0 fully saturated rings. The van der Waals surface area contributed by atoms with Crippen molar-refractivity contribution in [1.82, 2.24) is 0 Å². The average molecular weight is 284 g/mol. The van der Waals surface area contributed by atoms with Crippen LogP contribution >= 0.6 is 0 Å². The van der Waals surface area contributed by atoms with Crippen molar-refractivity contribution in [2.45, 2.75) is 97.7 Å². The second kappa shape index (κ2) is 17.0. The average Bonchev–Trinajstić information content (AvgIpc) is 2.46. The molecule has 0 amide bonds. The van der Waals surface area contributed by atoms with E-state index >= 15 is 0 Å². The molecule has 0 atom stereocenters. The summed E-state index contributed by atoms with van der Waals surface area (Å²) < 4.78 is 11.7. The van der Waals surface area contributed by atoms with Crippen LogP contribution in [0, 0.1) is 0 Å². The van der Waals surface area contributed by atoms with Crippen molar-refractivity contribution < 1.29 is 9.31 Å². The van der Waals surface area contributed by atoms with E-state index < -0.39 is 0 Å². The highest BCUT2D eigenvalue weighted by Crippen LogP contribution is 2.08. The fourth-order valence-electron chi connectivity index (χ4n) is 2.29. The molecule has 0 aromatic rings. The third kappa shape index (κ3) is 14.4. The maximum absolute atomic E-state index is 5.87. The Morgan fingerprint density at radius 2 is 1.00 bits per heavy atom. The van der Waals surface area contributed by atoms with Crippen LogP contribution in [-0.2, 0) is 9.31 Å². The van der Waals surface area contributed by atoms with E-state index in [4.69, 9.17) is 9.31 Å². The lowest BCUT2D eigenvalue weighted by Crippen LogP contribution is -2.23. The van der Waals surface area contributed by atoms with Crippen LogP contribution in [0.1, 0.15) is 91.4 Å². The third-order valence-electron chi connectivity index (χ3n) is 3.63. The zero-order valence-corrected chi connectivity index (χ0v) is 14.3. The van der Waals surface area contributed by atoms with E-state index in [1.807, 2.05) is 0 Å². The van der Waals surface area contributed by atoms with Gasteiger partial charge in [-0.25, -0.2) is 0 Å². The minimum atomic E-state index is 0.0392. The van der Waals surface area contributed by atoms with Gasteiger partial charge in [-0.05, 0) is 19.2 Å². The molecule has 0 spiro atoms. The molecule has 0 unspecified atom stereocenters. The molecule has 0 N–H and O–H groups in total. The molecule has 0 heterocycles. The van der Waals surface area contributed by atoms with Gasteiger partial charge in [0.1, 0.15) is 0 Å². The first-order valence-electron chi connectivity index (χ1n) is 9.08. The Bertz CT molecular complexity index is 160. The summed E-state index contributed by atoms with van der Waals surface area (Å²) in [6.07, 6.45) is 15.1. The van der Waals surface area contributed by atoms with E-state index in [0.29, 0.717) is 0 Å². The van der Waals surface area contributed by atoms with E-state index in [1.165, 1.54) is 64.2 Å². The van der Waals surface area contributed by atoms with E-state index in [-0.39, 0.29) is 7.12 Å². The largest absolute Gasteiger partial charge is 0.456 e. The maximum Gasteiger partial charge on any atom is 0.456 e. The predicted octanol–water partition coefficient (Wildman–Crippen LogP) is 5.86. The van der Waals surface area contributed by atoms with Crippen molar-refractivity contribution in [3.8, 4) is 0 Å². The zero-order valence-electron chi connectivity index (χ0n) is 14.3. The second-order valence-electron chi connectivity index (χ2n) is 5.79. The van der Waals surface area contributed by atoms with Crippen molar-refractivity contribution >= 4 is 7.12 Å². The monoisotopic (exact) mass is 284 g/mol. The van der Waals surface area contributed by atoms with Crippen molar-refractivity contribution in [3.63, 3.8) is 0 Å². The highest BCUT2D eigenvalue weighted by atomic mass is 16.6.